The molecule has 0 aliphatic carbocycles. The van der Waals surface area contributed by atoms with Gasteiger partial charge in [0.25, 0.3) is 5.88 Å². The molecule has 0 radical (unpaired) electrons. The van der Waals surface area contributed by atoms with Gasteiger partial charge in [-0.1, -0.05) is 29.8 Å². The number of hydrogen-bond acceptors (Lipinski definition) is 3. The summed E-state index contributed by atoms with van der Waals surface area (Å²) in [5.74, 6) is -0.784. The first-order valence-electron chi connectivity index (χ1n) is 5.33. The van der Waals surface area contributed by atoms with Gasteiger partial charge in [0.15, 0.2) is 5.82 Å². The third-order valence-electron chi connectivity index (χ3n) is 2.43. The monoisotopic (exact) mass is 267 g/mol. The smallest absolute Gasteiger partial charge is 0.251 e. The van der Waals surface area contributed by atoms with Crippen molar-refractivity contribution in [1.82, 2.24) is 4.98 Å². The van der Waals surface area contributed by atoms with Gasteiger partial charge >= 0.3 is 0 Å². The molecule has 0 saturated carbocycles. The lowest BCUT2D eigenvalue weighted by Gasteiger charge is -2.08. The Bertz CT molecular complexity index is 548. The van der Waals surface area contributed by atoms with Gasteiger partial charge in [0.05, 0.1) is 6.61 Å². The third kappa shape index (κ3) is 2.78. The van der Waals surface area contributed by atoms with E-state index in [2.05, 4.69) is 4.98 Å². The Morgan fingerprint density at radius 1 is 1.22 bits per heavy atom. The molecule has 0 unspecified atom stereocenters. The largest absolute Gasteiger partial charge is 0.471 e. The second-order valence-corrected chi connectivity index (χ2v) is 4.03. The fourth-order valence-corrected chi connectivity index (χ4v) is 1.64. The highest BCUT2D eigenvalue weighted by Crippen LogP contribution is 2.21. The maximum atomic E-state index is 13.7. The van der Waals surface area contributed by atoms with Crippen LogP contribution in [0.2, 0.25) is 5.02 Å². The van der Waals surface area contributed by atoms with Crippen molar-refractivity contribution in [3.05, 3.63) is 58.5 Å². The van der Waals surface area contributed by atoms with Crippen molar-refractivity contribution < 1.29 is 14.2 Å². The summed E-state index contributed by atoms with van der Waals surface area (Å²) in [5.41, 5.74) is 0.897. The molecule has 1 heterocycles. The van der Waals surface area contributed by atoms with E-state index in [1.165, 1.54) is 12.3 Å². The van der Waals surface area contributed by atoms with Crippen LogP contribution in [0.5, 0.6) is 5.88 Å². The lowest BCUT2D eigenvalue weighted by atomic mass is 10.2. The average Bonchev–Trinajstić information content (AvgIpc) is 2.39. The van der Waals surface area contributed by atoms with E-state index >= 15 is 0 Å². The first-order valence-corrected chi connectivity index (χ1v) is 5.70. The molecule has 0 fully saturated rings. The van der Waals surface area contributed by atoms with Crippen LogP contribution in [-0.2, 0) is 13.2 Å². The average molecular weight is 268 g/mol. The van der Waals surface area contributed by atoms with E-state index in [1.807, 2.05) is 6.07 Å². The van der Waals surface area contributed by atoms with Crippen LogP contribution in [0.4, 0.5) is 4.39 Å². The van der Waals surface area contributed by atoms with Gasteiger partial charge in [-0.05, 0) is 12.1 Å². The summed E-state index contributed by atoms with van der Waals surface area (Å²) in [7, 11) is 0. The molecule has 0 aliphatic rings. The van der Waals surface area contributed by atoms with Crippen LogP contribution in [0.15, 0.2) is 36.5 Å². The SMILES string of the molecule is OCc1ccnc(OCc2ccccc2Cl)c1F. The van der Waals surface area contributed by atoms with E-state index in [1.54, 1.807) is 18.2 Å². The molecule has 0 bridgehead atoms. The summed E-state index contributed by atoms with van der Waals surface area (Å²) in [6.45, 7) is -0.269. The highest BCUT2D eigenvalue weighted by molar-refractivity contribution is 6.31. The molecule has 0 spiro atoms. The van der Waals surface area contributed by atoms with Crippen LogP contribution in [0, 0.1) is 5.82 Å². The van der Waals surface area contributed by atoms with Crippen molar-refractivity contribution in [3.8, 4) is 5.88 Å². The quantitative estimate of drug-likeness (QED) is 0.926. The normalized spacial score (nSPS) is 10.4. The Balaban J connectivity index is 2.14. The molecule has 0 saturated heterocycles. The minimum Gasteiger partial charge on any atom is -0.471 e. The molecule has 5 heteroatoms. The van der Waals surface area contributed by atoms with E-state index in [-0.39, 0.29) is 18.1 Å². The predicted octanol–water partition coefficient (Wildman–Crippen LogP) is 2.95. The molecule has 1 aromatic heterocycles. The Morgan fingerprint density at radius 3 is 2.72 bits per heavy atom. The summed E-state index contributed by atoms with van der Waals surface area (Å²) in [5, 5.41) is 9.48. The van der Waals surface area contributed by atoms with E-state index in [0.29, 0.717) is 5.02 Å². The minimum atomic E-state index is -0.646. The Morgan fingerprint density at radius 2 is 2.00 bits per heavy atom. The van der Waals surface area contributed by atoms with Gasteiger partial charge in [-0.2, -0.15) is 0 Å². The molecule has 0 amide bonds. The van der Waals surface area contributed by atoms with E-state index < -0.39 is 12.4 Å². The van der Waals surface area contributed by atoms with Crippen LogP contribution in [0.1, 0.15) is 11.1 Å². The molecule has 2 aromatic rings. The van der Waals surface area contributed by atoms with Crippen molar-refractivity contribution in [1.29, 1.82) is 0 Å². The van der Waals surface area contributed by atoms with Crippen molar-refractivity contribution in [3.63, 3.8) is 0 Å². The maximum absolute atomic E-state index is 13.7. The van der Waals surface area contributed by atoms with Gasteiger partial charge in [-0.25, -0.2) is 9.37 Å². The maximum Gasteiger partial charge on any atom is 0.251 e. The first-order chi connectivity index (χ1) is 8.72. The number of benzene rings is 1. The number of aliphatic hydroxyl groups is 1. The van der Waals surface area contributed by atoms with Crippen molar-refractivity contribution >= 4 is 11.6 Å². The number of aromatic nitrogens is 1. The van der Waals surface area contributed by atoms with Crippen molar-refractivity contribution in [2.75, 3.05) is 0 Å². The standard InChI is InChI=1S/C13H11ClFNO2/c14-11-4-2-1-3-10(11)8-18-13-12(15)9(7-17)5-6-16-13/h1-6,17H,7-8H2. The minimum absolute atomic E-state index is 0.123. The zero-order valence-electron chi connectivity index (χ0n) is 9.44. The fourth-order valence-electron chi connectivity index (χ4n) is 1.45. The molecule has 1 aromatic carbocycles. The summed E-state index contributed by atoms with van der Waals surface area (Å²) < 4.78 is 19.0. The van der Waals surface area contributed by atoms with Gasteiger partial charge in [0.2, 0.25) is 0 Å². The molecule has 18 heavy (non-hydrogen) atoms. The molecule has 0 aliphatic heterocycles. The number of ether oxygens (including phenoxy) is 1. The summed E-state index contributed by atoms with van der Waals surface area (Å²) in [6.07, 6.45) is 1.39. The van der Waals surface area contributed by atoms with E-state index in [4.69, 9.17) is 21.4 Å². The van der Waals surface area contributed by atoms with Crippen molar-refractivity contribution in [2.45, 2.75) is 13.2 Å². The lowest BCUT2D eigenvalue weighted by molar-refractivity contribution is 0.256. The summed E-state index contributed by atoms with van der Waals surface area (Å²) in [6, 6.07) is 8.54. The molecule has 3 nitrogen and oxygen atoms in total. The molecule has 1 N–H and O–H groups in total. The zero-order chi connectivity index (χ0) is 13.0. The van der Waals surface area contributed by atoms with Crippen LogP contribution in [-0.4, -0.2) is 10.1 Å². The third-order valence-corrected chi connectivity index (χ3v) is 2.80. The topological polar surface area (TPSA) is 42.4 Å². The number of aliphatic hydroxyl groups excluding tert-OH is 1. The van der Waals surface area contributed by atoms with Gasteiger partial charge in [0.1, 0.15) is 6.61 Å². The number of pyridine rings is 1. The van der Waals surface area contributed by atoms with E-state index in [9.17, 15) is 4.39 Å². The van der Waals surface area contributed by atoms with Gasteiger partial charge < -0.3 is 9.84 Å². The highest BCUT2D eigenvalue weighted by atomic mass is 35.5. The highest BCUT2D eigenvalue weighted by Gasteiger charge is 2.10. The van der Waals surface area contributed by atoms with E-state index in [0.717, 1.165) is 5.56 Å². The zero-order valence-corrected chi connectivity index (χ0v) is 10.2. The van der Waals surface area contributed by atoms with Gasteiger partial charge in [-0.15, -0.1) is 0 Å². The van der Waals surface area contributed by atoms with Crippen LogP contribution in [0.25, 0.3) is 0 Å². The molecule has 0 atom stereocenters. The molecule has 94 valence electrons. The second kappa shape index (κ2) is 5.80. The number of halogens is 2. The summed E-state index contributed by atoms with van der Waals surface area (Å²) >= 11 is 5.95. The predicted molar refractivity (Wildman–Crippen MR) is 65.9 cm³/mol. The second-order valence-electron chi connectivity index (χ2n) is 3.63. The Kier molecular flexibility index (Phi) is 4.12. The molecular formula is C13H11ClFNO2. The van der Waals surface area contributed by atoms with Gasteiger partial charge in [0, 0.05) is 22.3 Å². The van der Waals surface area contributed by atoms with Crippen LogP contribution in [0.3, 0.4) is 0 Å². The van der Waals surface area contributed by atoms with Crippen molar-refractivity contribution in [2.24, 2.45) is 0 Å². The van der Waals surface area contributed by atoms with Crippen LogP contribution < -0.4 is 4.74 Å². The number of rotatable bonds is 4. The van der Waals surface area contributed by atoms with Gasteiger partial charge in [-0.3, -0.25) is 0 Å². The Labute approximate surface area is 109 Å². The fraction of sp³-hybridized carbons (Fsp3) is 0.154. The number of hydrogen-bond donors (Lipinski definition) is 1. The lowest BCUT2D eigenvalue weighted by Crippen LogP contribution is -2.02. The van der Waals surface area contributed by atoms with Crippen LogP contribution >= 0.6 is 11.6 Å². The molecular weight excluding hydrogens is 257 g/mol. The number of nitrogens with zero attached hydrogens (tertiary/aromatic N) is 1. The first kappa shape index (κ1) is 12.8. The Hall–Kier alpha value is -1.65. The summed E-state index contributed by atoms with van der Waals surface area (Å²) in [4.78, 5) is 3.78. The molecule has 2 rings (SSSR count).